The van der Waals surface area contributed by atoms with Gasteiger partial charge in [-0.1, -0.05) is 0 Å². The van der Waals surface area contributed by atoms with Crippen molar-refractivity contribution in [2.75, 3.05) is 0 Å². The van der Waals surface area contributed by atoms with Crippen molar-refractivity contribution in [3.05, 3.63) is 16.6 Å². The van der Waals surface area contributed by atoms with Gasteiger partial charge in [-0.05, 0) is 42.3 Å². The van der Waals surface area contributed by atoms with Gasteiger partial charge in [0.2, 0.25) is 0 Å². The number of carbonyl (C=O) groups is 1. The van der Waals surface area contributed by atoms with Crippen LogP contribution in [0.3, 0.4) is 0 Å². The summed E-state index contributed by atoms with van der Waals surface area (Å²) in [7, 11) is 0. The number of hydrogen-bond acceptors (Lipinski definition) is 3. The summed E-state index contributed by atoms with van der Waals surface area (Å²) in [5.41, 5.74) is 2.45. The molecule has 1 aliphatic carbocycles. The van der Waals surface area contributed by atoms with Crippen LogP contribution in [0.25, 0.3) is 0 Å². The molecular weight excluding hydrogens is 186 g/mol. The second kappa shape index (κ2) is 3.46. The smallest absolute Gasteiger partial charge is 0.303 e. The Bertz CT molecular complexity index is 321. The van der Waals surface area contributed by atoms with E-state index in [2.05, 4.69) is 4.37 Å². The largest absolute Gasteiger partial charge is 0.481 e. The molecule has 0 spiro atoms. The Kier molecular flexibility index (Phi) is 2.31. The third-order valence-electron chi connectivity index (χ3n) is 2.49. The first-order valence-electron chi connectivity index (χ1n) is 4.39. The number of fused-ring (bicyclic) bond motifs is 1. The zero-order valence-corrected chi connectivity index (χ0v) is 8.01. The summed E-state index contributed by atoms with van der Waals surface area (Å²) in [5.74, 6) is -0.363. The molecule has 0 amide bonds. The SMILES string of the molecule is O=C(O)CC1CCc2nscc2C1. The molecule has 4 heteroatoms. The van der Waals surface area contributed by atoms with Crippen molar-refractivity contribution in [1.82, 2.24) is 4.37 Å². The number of aromatic nitrogens is 1. The van der Waals surface area contributed by atoms with Gasteiger partial charge in [0.25, 0.3) is 0 Å². The molecular formula is C9H11NO2S. The quantitative estimate of drug-likeness (QED) is 0.785. The van der Waals surface area contributed by atoms with Crippen molar-refractivity contribution in [1.29, 1.82) is 0 Å². The summed E-state index contributed by atoms with van der Waals surface area (Å²) in [5, 5.41) is 10.7. The van der Waals surface area contributed by atoms with Gasteiger partial charge in [-0.15, -0.1) is 0 Å². The lowest BCUT2D eigenvalue weighted by Gasteiger charge is -2.19. The van der Waals surface area contributed by atoms with E-state index in [4.69, 9.17) is 5.11 Å². The summed E-state index contributed by atoms with van der Waals surface area (Å²) in [4.78, 5) is 10.5. The highest BCUT2D eigenvalue weighted by atomic mass is 32.1. The van der Waals surface area contributed by atoms with Crippen LogP contribution < -0.4 is 0 Å². The molecule has 1 aliphatic rings. The molecule has 1 atom stereocenters. The van der Waals surface area contributed by atoms with Gasteiger partial charge in [0, 0.05) is 11.8 Å². The van der Waals surface area contributed by atoms with Crippen molar-refractivity contribution >= 4 is 17.5 Å². The van der Waals surface area contributed by atoms with Gasteiger partial charge < -0.3 is 5.11 Å². The highest BCUT2D eigenvalue weighted by molar-refractivity contribution is 7.03. The zero-order valence-electron chi connectivity index (χ0n) is 7.19. The Labute approximate surface area is 80.6 Å². The number of carboxylic acids is 1. The maximum atomic E-state index is 10.5. The zero-order chi connectivity index (χ0) is 9.26. The number of rotatable bonds is 2. The average Bonchev–Trinajstić information content (AvgIpc) is 2.49. The predicted molar refractivity (Wildman–Crippen MR) is 49.9 cm³/mol. The minimum atomic E-state index is -0.684. The van der Waals surface area contributed by atoms with Gasteiger partial charge in [-0.3, -0.25) is 4.79 Å². The molecule has 13 heavy (non-hydrogen) atoms. The molecule has 1 aromatic rings. The van der Waals surface area contributed by atoms with E-state index in [-0.39, 0.29) is 0 Å². The Morgan fingerprint density at radius 3 is 3.38 bits per heavy atom. The van der Waals surface area contributed by atoms with Gasteiger partial charge >= 0.3 is 5.97 Å². The van der Waals surface area contributed by atoms with Crippen molar-refractivity contribution in [3.8, 4) is 0 Å². The minimum Gasteiger partial charge on any atom is -0.481 e. The average molecular weight is 197 g/mol. The van der Waals surface area contributed by atoms with Gasteiger partial charge in [-0.2, -0.15) is 4.37 Å². The Hall–Kier alpha value is -0.900. The van der Waals surface area contributed by atoms with Crippen LogP contribution in [0, 0.1) is 5.92 Å². The lowest BCUT2D eigenvalue weighted by molar-refractivity contribution is -0.138. The Morgan fingerprint density at radius 2 is 2.62 bits per heavy atom. The van der Waals surface area contributed by atoms with E-state index in [1.807, 2.05) is 5.38 Å². The van der Waals surface area contributed by atoms with E-state index < -0.39 is 5.97 Å². The molecule has 2 rings (SSSR count). The normalized spacial score (nSPS) is 21.1. The van der Waals surface area contributed by atoms with Crippen molar-refractivity contribution in [3.63, 3.8) is 0 Å². The number of aryl methyl sites for hydroxylation is 1. The molecule has 70 valence electrons. The minimum absolute atomic E-state index is 0.301. The first-order valence-corrected chi connectivity index (χ1v) is 5.23. The van der Waals surface area contributed by atoms with Crippen molar-refractivity contribution in [2.24, 2.45) is 5.92 Å². The molecule has 1 N–H and O–H groups in total. The molecule has 0 radical (unpaired) electrons. The lowest BCUT2D eigenvalue weighted by atomic mass is 9.86. The van der Waals surface area contributed by atoms with E-state index in [9.17, 15) is 4.79 Å². The van der Waals surface area contributed by atoms with Crippen LogP contribution in [0.1, 0.15) is 24.1 Å². The summed E-state index contributed by atoms with van der Waals surface area (Å²) >= 11 is 1.48. The van der Waals surface area contributed by atoms with Crippen LogP contribution in [-0.4, -0.2) is 15.4 Å². The van der Waals surface area contributed by atoms with Crippen LogP contribution >= 0.6 is 11.5 Å². The predicted octanol–water partition coefficient (Wildman–Crippen LogP) is 1.72. The van der Waals surface area contributed by atoms with E-state index in [1.165, 1.54) is 22.8 Å². The summed E-state index contributed by atoms with van der Waals surface area (Å²) in [6, 6.07) is 0. The van der Waals surface area contributed by atoms with Crippen molar-refractivity contribution < 1.29 is 9.90 Å². The molecule has 0 saturated carbocycles. The lowest BCUT2D eigenvalue weighted by Crippen LogP contribution is -2.16. The van der Waals surface area contributed by atoms with Crippen LogP contribution in [0.4, 0.5) is 0 Å². The van der Waals surface area contributed by atoms with Gasteiger partial charge in [0.1, 0.15) is 0 Å². The topological polar surface area (TPSA) is 50.2 Å². The number of hydrogen-bond donors (Lipinski definition) is 1. The molecule has 1 unspecified atom stereocenters. The molecule has 0 fully saturated rings. The molecule has 1 heterocycles. The summed E-state index contributed by atoms with van der Waals surface area (Å²) < 4.78 is 4.26. The highest BCUT2D eigenvalue weighted by Gasteiger charge is 2.22. The Balaban J connectivity index is 2.04. The van der Waals surface area contributed by atoms with Crippen LogP contribution in [0.2, 0.25) is 0 Å². The third-order valence-corrected chi connectivity index (χ3v) is 3.21. The van der Waals surface area contributed by atoms with E-state index >= 15 is 0 Å². The maximum absolute atomic E-state index is 10.5. The maximum Gasteiger partial charge on any atom is 0.303 e. The first-order chi connectivity index (χ1) is 6.25. The molecule has 0 aliphatic heterocycles. The first kappa shape index (κ1) is 8.69. The van der Waals surface area contributed by atoms with Gasteiger partial charge in [0.05, 0.1) is 5.69 Å². The van der Waals surface area contributed by atoms with Crippen molar-refractivity contribution in [2.45, 2.75) is 25.7 Å². The summed E-state index contributed by atoms with van der Waals surface area (Å²) in [6.07, 6.45) is 3.13. The fraction of sp³-hybridized carbons (Fsp3) is 0.556. The molecule has 1 aromatic heterocycles. The second-order valence-corrected chi connectivity index (χ2v) is 4.12. The fourth-order valence-electron chi connectivity index (χ4n) is 1.83. The third kappa shape index (κ3) is 1.88. The van der Waals surface area contributed by atoms with Gasteiger partial charge in [-0.25, -0.2) is 0 Å². The molecule has 0 saturated heterocycles. The summed E-state index contributed by atoms with van der Waals surface area (Å²) in [6.45, 7) is 0. The Morgan fingerprint density at radius 1 is 1.77 bits per heavy atom. The van der Waals surface area contributed by atoms with E-state index in [0.29, 0.717) is 12.3 Å². The van der Waals surface area contributed by atoms with Crippen LogP contribution in [0.5, 0.6) is 0 Å². The second-order valence-electron chi connectivity index (χ2n) is 3.49. The highest BCUT2D eigenvalue weighted by Crippen LogP contribution is 2.27. The van der Waals surface area contributed by atoms with Crippen LogP contribution in [0.15, 0.2) is 5.38 Å². The molecule has 0 aromatic carbocycles. The fourth-order valence-corrected chi connectivity index (χ4v) is 2.58. The van der Waals surface area contributed by atoms with E-state index in [1.54, 1.807) is 0 Å². The number of nitrogens with zero attached hydrogens (tertiary/aromatic N) is 1. The van der Waals surface area contributed by atoms with Crippen LogP contribution in [-0.2, 0) is 17.6 Å². The number of carboxylic acid groups (broad SMARTS) is 1. The standard InChI is InChI=1S/C9H11NO2S/c11-9(12)4-6-1-2-8-7(3-6)5-13-10-8/h5-6H,1-4H2,(H,11,12). The monoisotopic (exact) mass is 197 g/mol. The molecule has 3 nitrogen and oxygen atoms in total. The molecule has 0 bridgehead atoms. The number of aliphatic carboxylic acids is 1. The van der Waals surface area contributed by atoms with Gasteiger partial charge in [0.15, 0.2) is 0 Å². The van der Waals surface area contributed by atoms with E-state index in [0.717, 1.165) is 19.3 Å².